The molecule has 0 spiro atoms. The van der Waals surface area contributed by atoms with Crippen molar-refractivity contribution in [2.75, 3.05) is 24.9 Å². The Morgan fingerprint density at radius 3 is 2.38 bits per heavy atom. The van der Waals surface area contributed by atoms with Gasteiger partial charge < -0.3 is 20.1 Å². The van der Waals surface area contributed by atoms with Crippen molar-refractivity contribution in [1.29, 1.82) is 0 Å². The van der Waals surface area contributed by atoms with Crippen molar-refractivity contribution in [1.82, 2.24) is 14.5 Å². The van der Waals surface area contributed by atoms with Crippen LogP contribution in [0.4, 0.5) is 17.3 Å². The van der Waals surface area contributed by atoms with Crippen LogP contribution in [0, 0.1) is 19.3 Å². The SMILES string of the molecule is C#CC(=O)Nc1ccc(C)cc1Nc1ncc2cc(-c3c(Cl)c(OC)cc(OC)c3Cl)c(=O)n(C)c2n1. The highest BCUT2D eigenvalue weighted by Crippen LogP contribution is 2.45. The highest BCUT2D eigenvalue weighted by Gasteiger charge is 2.22. The summed E-state index contributed by atoms with van der Waals surface area (Å²) in [6, 6.07) is 8.51. The lowest BCUT2D eigenvalue weighted by molar-refractivity contribution is -0.111. The first kappa shape index (κ1) is 25.8. The maximum atomic E-state index is 13.4. The Morgan fingerprint density at radius 2 is 1.76 bits per heavy atom. The Morgan fingerprint density at radius 1 is 1.08 bits per heavy atom. The van der Waals surface area contributed by atoms with Crippen molar-refractivity contribution in [3.63, 3.8) is 0 Å². The lowest BCUT2D eigenvalue weighted by Crippen LogP contribution is -2.20. The van der Waals surface area contributed by atoms with E-state index in [2.05, 4.69) is 20.6 Å². The monoisotopic (exact) mass is 537 g/mol. The van der Waals surface area contributed by atoms with Crippen LogP contribution in [0.1, 0.15) is 5.56 Å². The normalized spacial score (nSPS) is 10.6. The fourth-order valence-electron chi connectivity index (χ4n) is 3.76. The average Bonchev–Trinajstić information content (AvgIpc) is 2.89. The topological polar surface area (TPSA) is 107 Å². The molecule has 0 saturated carbocycles. The summed E-state index contributed by atoms with van der Waals surface area (Å²) in [7, 11) is 4.49. The average molecular weight is 538 g/mol. The fourth-order valence-corrected chi connectivity index (χ4v) is 4.46. The lowest BCUT2D eigenvalue weighted by atomic mass is 10.0. The highest BCUT2D eigenvalue weighted by atomic mass is 35.5. The number of fused-ring (bicyclic) bond motifs is 1. The number of terminal acetylenes is 1. The third kappa shape index (κ3) is 4.89. The summed E-state index contributed by atoms with van der Waals surface area (Å²) in [5, 5.41) is 6.61. The Labute approximate surface area is 222 Å². The van der Waals surface area contributed by atoms with Gasteiger partial charge in [-0.25, -0.2) is 4.98 Å². The van der Waals surface area contributed by atoms with Crippen LogP contribution in [0.25, 0.3) is 22.2 Å². The second-order valence-corrected chi connectivity index (χ2v) is 8.71. The second-order valence-electron chi connectivity index (χ2n) is 7.95. The van der Waals surface area contributed by atoms with Gasteiger partial charge in [0.05, 0.1) is 41.2 Å². The summed E-state index contributed by atoms with van der Waals surface area (Å²) in [5.74, 6) is 2.25. The van der Waals surface area contributed by atoms with Gasteiger partial charge in [-0.05, 0) is 36.6 Å². The quantitative estimate of drug-likeness (QED) is 0.335. The number of hydrogen-bond acceptors (Lipinski definition) is 7. The lowest BCUT2D eigenvalue weighted by Gasteiger charge is -2.16. The zero-order valence-electron chi connectivity index (χ0n) is 20.3. The summed E-state index contributed by atoms with van der Waals surface area (Å²) in [6.45, 7) is 1.90. The molecule has 0 aliphatic carbocycles. The molecule has 0 radical (unpaired) electrons. The van der Waals surface area contributed by atoms with Crippen LogP contribution in [-0.4, -0.2) is 34.7 Å². The van der Waals surface area contributed by atoms with Crippen LogP contribution in [0.2, 0.25) is 10.0 Å². The number of nitrogens with one attached hydrogen (secondary N) is 2. The van der Waals surface area contributed by atoms with Gasteiger partial charge in [-0.15, -0.1) is 6.42 Å². The Hall–Kier alpha value is -4.26. The van der Waals surface area contributed by atoms with Crippen molar-refractivity contribution in [3.05, 3.63) is 62.5 Å². The van der Waals surface area contributed by atoms with Gasteiger partial charge in [0.1, 0.15) is 17.1 Å². The zero-order chi connectivity index (χ0) is 26.9. The Kier molecular flexibility index (Phi) is 7.25. The van der Waals surface area contributed by atoms with Gasteiger partial charge >= 0.3 is 0 Å². The third-order valence-corrected chi connectivity index (χ3v) is 6.34. The summed E-state index contributed by atoms with van der Waals surface area (Å²) in [5.41, 5.74) is 2.39. The van der Waals surface area contributed by atoms with Gasteiger partial charge in [-0.2, -0.15) is 4.98 Å². The number of hydrogen-bond donors (Lipinski definition) is 2. The minimum absolute atomic E-state index is 0.171. The van der Waals surface area contributed by atoms with E-state index >= 15 is 0 Å². The number of pyridine rings is 1. The molecule has 0 aliphatic rings. The second kappa shape index (κ2) is 10.4. The number of halogens is 2. The molecule has 2 heterocycles. The molecule has 11 heteroatoms. The highest BCUT2D eigenvalue weighted by molar-refractivity contribution is 6.41. The van der Waals surface area contributed by atoms with Crippen molar-refractivity contribution in [3.8, 4) is 35.0 Å². The van der Waals surface area contributed by atoms with E-state index in [4.69, 9.17) is 39.1 Å². The minimum Gasteiger partial charge on any atom is -0.495 e. The standard InChI is InChI=1S/C26H21Cl2N5O4/c1-6-20(34)30-16-8-7-13(2)9-17(16)31-26-29-12-14-10-15(25(35)33(3)24(14)32-26)21-22(27)18(36-4)11-19(37-5)23(21)28/h1,7-12H,2-5H3,(H,30,34)(H,29,31,32). The molecular weight excluding hydrogens is 517 g/mol. The van der Waals surface area contributed by atoms with E-state index in [0.29, 0.717) is 33.9 Å². The first-order valence-corrected chi connectivity index (χ1v) is 11.6. The predicted molar refractivity (Wildman–Crippen MR) is 145 cm³/mol. The molecule has 0 atom stereocenters. The minimum atomic E-state index is -0.590. The summed E-state index contributed by atoms with van der Waals surface area (Å²) in [4.78, 5) is 34.1. The molecule has 4 aromatic rings. The van der Waals surface area contributed by atoms with Crippen LogP contribution in [0.3, 0.4) is 0 Å². The van der Waals surface area contributed by atoms with Gasteiger partial charge in [0.2, 0.25) is 5.95 Å². The summed E-state index contributed by atoms with van der Waals surface area (Å²) < 4.78 is 12.0. The van der Waals surface area contributed by atoms with Gasteiger partial charge in [-0.3, -0.25) is 14.2 Å². The summed E-state index contributed by atoms with van der Waals surface area (Å²) >= 11 is 13.1. The van der Waals surface area contributed by atoms with E-state index in [-0.39, 0.29) is 27.1 Å². The number of rotatable bonds is 6. The number of amides is 1. The van der Waals surface area contributed by atoms with Gasteiger partial charge in [0.25, 0.3) is 11.5 Å². The number of carbonyl (C=O) groups excluding carboxylic acids is 1. The van der Waals surface area contributed by atoms with Gasteiger partial charge in [-0.1, -0.05) is 29.3 Å². The molecule has 0 aliphatic heterocycles. The number of carbonyl (C=O) groups is 1. The Bertz CT molecular complexity index is 1630. The van der Waals surface area contributed by atoms with Crippen molar-refractivity contribution < 1.29 is 14.3 Å². The van der Waals surface area contributed by atoms with Crippen molar-refractivity contribution in [2.45, 2.75) is 6.92 Å². The van der Waals surface area contributed by atoms with E-state index in [1.807, 2.05) is 25.0 Å². The van der Waals surface area contributed by atoms with E-state index in [1.54, 1.807) is 31.4 Å². The molecular formula is C26H21Cl2N5O4. The molecule has 9 nitrogen and oxygen atoms in total. The molecule has 1 amide bonds. The first-order chi connectivity index (χ1) is 17.7. The van der Waals surface area contributed by atoms with E-state index < -0.39 is 11.5 Å². The Balaban J connectivity index is 1.83. The number of ether oxygens (including phenoxy) is 2. The molecule has 4 rings (SSSR count). The summed E-state index contributed by atoms with van der Waals surface area (Å²) in [6.07, 6.45) is 6.74. The first-order valence-electron chi connectivity index (χ1n) is 10.8. The molecule has 0 bridgehead atoms. The predicted octanol–water partition coefficient (Wildman–Crippen LogP) is 4.94. The van der Waals surface area contributed by atoms with Gasteiger partial charge in [0.15, 0.2) is 0 Å². The van der Waals surface area contributed by atoms with Crippen molar-refractivity contribution >= 4 is 57.5 Å². The largest absolute Gasteiger partial charge is 0.495 e. The third-order valence-electron chi connectivity index (χ3n) is 5.59. The molecule has 2 N–H and O–H groups in total. The molecule has 0 saturated heterocycles. The maximum Gasteiger partial charge on any atom is 0.300 e. The van der Waals surface area contributed by atoms with Crippen LogP contribution in [0.5, 0.6) is 11.5 Å². The molecule has 0 unspecified atom stereocenters. The number of methoxy groups -OCH3 is 2. The molecule has 2 aromatic heterocycles. The number of aryl methyl sites for hydroxylation is 2. The van der Waals surface area contributed by atoms with Crippen LogP contribution >= 0.6 is 23.2 Å². The molecule has 0 fully saturated rings. The van der Waals surface area contributed by atoms with Crippen LogP contribution < -0.4 is 25.7 Å². The number of benzene rings is 2. The molecule has 37 heavy (non-hydrogen) atoms. The number of anilines is 3. The smallest absolute Gasteiger partial charge is 0.300 e. The van der Waals surface area contributed by atoms with Crippen LogP contribution in [-0.2, 0) is 11.8 Å². The van der Waals surface area contributed by atoms with E-state index in [1.165, 1.54) is 18.8 Å². The van der Waals surface area contributed by atoms with Gasteiger partial charge in [0, 0.05) is 30.3 Å². The maximum absolute atomic E-state index is 13.4. The number of aromatic nitrogens is 3. The van der Waals surface area contributed by atoms with E-state index in [0.717, 1.165) is 5.56 Å². The van der Waals surface area contributed by atoms with Crippen molar-refractivity contribution in [2.24, 2.45) is 7.05 Å². The molecule has 2 aromatic carbocycles. The zero-order valence-corrected chi connectivity index (χ0v) is 21.8. The molecule has 188 valence electrons. The fraction of sp³-hybridized carbons (Fsp3) is 0.154. The van der Waals surface area contributed by atoms with E-state index in [9.17, 15) is 9.59 Å². The van der Waals surface area contributed by atoms with Crippen LogP contribution in [0.15, 0.2) is 41.3 Å². The number of nitrogens with zero attached hydrogens (tertiary/aromatic N) is 3.